The number of aliphatic hydroxyl groups excluding tert-OH is 1. The Balaban J connectivity index is 1.21. The van der Waals surface area contributed by atoms with Gasteiger partial charge < -0.3 is 29.4 Å². The number of fused-ring (bicyclic) bond motifs is 1. The second kappa shape index (κ2) is 16.8. The van der Waals surface area contributed by atoms with Gasteiger partial charge in [0.15, 0.2) is 29.4 Å². The zero-order valence-corrected chi connectivity index (χ0v) is 33.9. The highest BCUT2D eigenvalue weighted by Crippen LogP contribution is 2.50. The lowest BCUT2D eigenvalue weighted by atomic mass is 9.77. The van der Waals surface area contributed by atoms with Crippen LogP contribution < -0.4 is 14.8 Å². The van der Waals surface area contributed by atoms with Crippen LogP contribution in [0.15, 0.2) is 183 Å². The third-order valence-corrected chi connectivity index (χ3v) is 11.6. The SMILES string of the molecule is COc1ccc(C(Nc2ncnc3c2ncn3[C@@H]2O[C@](F)(CO)[C@@H](F)[C@H]2OC(c2ccccc2)(c2ccccc2)c2ccc(OC)cc2)(c2ccccc2)c2ccccc2)cc1. The van der Waals surface area contributed by atoms with Crippen molar-refractivity contribution in [1.82, 2.24) is 19.5 Å². The second-order valence-electron chi connectivity index (χ2n) is 15.0. The molecule has 4 atom stereocenters. The Labute approximate surface area is 357 Å². The maximum atomic E-state index is 17.1. The van der Waals surface area contributed by atoms with Crippen molar-refractivity contribution >= 4 is 17.0 Å². The van der Waals surface area contributed by atoms with E-state index in [-0.39, 0.29) is 5.65 Å². The molecule has 1 aliphatic rings. The van der Waals surface area contributed by atoms with Crippen molar-refractivity contribution in [3.8, 4) is 11.5 Å². The molecule has 1 aliphatic heterocycles. The minimum Gasteiger partial charge on any atom is -0.497 e. The molecular formula is C50H43F2N5O5. The molecule has 3 heterocycles. The number of imidazole rings is 1. The third kappa shape index (κ3) is 6.91. The average Bonchev–Trinajstić information content (AvgIpc) is 3.89. The van der Waals surface area contributed by atoms with Crippen molar-refractivity contribution in [2.24, 2.45) is 0 Å². The first-order valence-electron chi connectivity index (χ1n) is 20.1. The van der Waals surface area contributed by atoms with Gasteiger partial charge in [0.1, 0.15) is 41.7 Å². The highest BCUT2D eigenvalue weighted by molar-refractivity contribution is 5.84. The van der Waals surface area contributed by atoms with Crippen molar-refractivity contribution in [3.05, 3.63) is 216 Å². The van der Waals surface area contributed by atoms with Gasteiger partial charge in [-0.15, -0.1) is 0 Å². The molecule has 0 spiro atoms. The highest BCUT2D eigenvalue weighted by atomic mass is 19.2. The first-order valence-corrected chi connectivity index (χ1v) is 20.1. The first-order chi connectivity index (χ1) is 30.3. The Hall–Kier alpha value is -6.99. The first kappa shape index (κ1) is 40.4. The minimum absolute atomic E-state index is 0.203. The number of alkyl halides is 2. The van der Waals surface area contributed by atoms with E-state index in [1.165, 1.54) is 17.2 Å². The Morgan fingerprint density at radius 3 is 1.58 bits per heavy atom. The molecule has 312 valence electrons. The molecule has 62 heavy (non-hydrogen) atoms. The number of ether oxygens (including phenoxy) is 4. The van der Waals surface area contributed by atoms with Gasteiger partial charge in [-0.25, -0.2) is 23.7 Å². The number of nitrogens with zero attached hydrogens (tertiary/aromatic N) is 4. The smallest absolute Gasteiger partial charge is 0.268 e. The Morgan fingerprint density at radius 1 is 0.645 bits per heavy atom. The molecule has 10 nitrogen and oxygen atoms in total. The minimum atomic E-state index is -3.15. The molecule has 0 saturated carbocycles. The molecular weight excluding hydrogens is 789 g/mol. The van der Waals surface area contributed by atoms with Crippen LogP contribution in [0.25, 0.3) is 11.2 Å². The van der Waals surface area contributed by atoms with E-state index < -0.39 is 42.1 Å². The van der Waals surface area contributed by atoms with Crippen LogP contribution in [0.1, 0.15) is 39.6 Å². The number of aliphatic hydroxyl groups is 1. The number of halogens is 2. The maximum absolute atomic E-state index is 17.1. The number of benzene rings is 6. The van der Waals surface area contributed by atoms with Crippen LogP contribution in [0.3, 0.4) is 0 Å². The third-order valence-electron chi connectivity index (χ3n) is 11.6. The molecule has 8 aromatic rings. The summed E-state index contributed by atoms with van der Waals surface area (Å²) in [6.45, 7) is -1.27. The van der Waals surface area contributed by atoms with E-state index >= 15 is 8.78 Å². The van der Waals surface area contributed by atoms with Gasteiger partial charge in [-0.05, 0) is 57.6 Å². The quantitative estimate of drug-likeness (QED) is 0.104. The van der Waals surface area contributed by atoms with Gasteiger partial charge in [0.25, 0.3) is 5.85 Å². The molecule has 0 bridgehead atoms. The lowest BCUT2D eigenvalue weighted by molar-refractivity contribution is -0.196. The summed E-state index contributed by atoms with van der Waals surface area (Å²) in [6, 6.07) is 53.5. The second-order valence-corrected chi connectivity index (χ2v) is 15.0. The fourth-order valence-electron chi connectivity index (χ4n) is 8.50. The molecule has 0 unspecified atom stereocenters. The fraction of sp³-hybridized carbons (Fsp3) is 0.180. The number of methoxy groups -OCH3 is 2. The molecule has 2 aromatic heterocycles. The predicted molar refractivity (Wildman–Crippen MR) is 231 cm³/mol. The molecule has 1 fully saturated rings. The van der Waals surface area contributed by atoms with Gasteiger partial charge in [0, 0.05) is 0 Å². The normalized spacial score (nSPS) is 19.0. The average molecular weight is 832 g/mol. The van der Waals surface area contributed by atoms with Gasteiger partial charge in [0.05, 0.1) is 20.5 Å². The van der Waals surface area contributed by atoms with E-state index in [1.54, 1.807) is 26.4 Å². The van der Waals surface area contributed by atoms with Crippen LogP contribution in [-0.2, 0) is 20.6 Å². The fourth-order valence-corrected chi connectivity index (χ4v) is 8.50. The van der Waals surface area contributed by atoms with Gasteiger partial charge in [-0.2, -0.15) is 0 Å². The Kier molecular flexibility index (Phi) is 11.0. The molecule has 2 N–H and O–H groups in total. The molecule has 0 radical (unpaired) electrons. The van der Waals surface area contributed by atoms with Crippen LogP contribution in [0.4, 0.5) is 14.6 Å². The van der Waals surface area contributed by atoms with Crippen LogP contribution in [0.2, 0.25) is 0 Å². The predicted octanol–water partition coefficient (Wildman–Crippen LogP) is 9.15. The molecule has 9 rings (SSSR count). The van der Waals surface area contributed by atoms with Crippen molar-refractivity contribution in [3.63, 3.8) is 0 Å². The van der Waals surface area contributed by atoms with E-state index in [9.17, 15) is 5.11 Å². The van der Waals surface area contributed by atoms with Gasteiger partial charge in [0.2, 0.25) is 0 Å². The monoisotopic (exact) mass is 831 g/mol. The lowest BCUT2D eigenvalue weighted by Crippen LogP contribution is -2.45. The van der Waals surface area contributed by atoms with E-state index in [4.69, 9.17) is 28.9 Å². The van der Waals surface area contributed by atoms with Crippen LogP contribution in [0, 0.1) is 0 Å². The molecule has 0 aliphatic carbocycles. The summed E-state index contributed by atoms with van der Waals surface area (Å²) < 4.78 is 59.3. The topological polar surface area (TPSA) is 113 Å². The van der Waals surface area contributed by atoms with E-state index in [0.29, 0.717) is 39.5 Å². The van der Waals surface area contributed by atoms with Crippen LogP contribution >= 0.6 is 0 Å². The van der Waals surface area contributed by atoms with Gasteiger partial charge in [-0.1, -0.05) is 146 Å². The summed E-state index contributed by atoms with van der Waals surface area (Å²) in [6.07, 6.45) is -2.90. The van der Waals surface area contributed by atoms with Crippen LogP contribution in [0.5, 0.6) is 11.5 Å². The number of nitrogens with one attached hydrogen (secondary N) is 1. The lowest BCUT2D eigenvalue weighted by Gasteiger charge is -2.39. The Bertz CT molecular complexity index is 2650. The standard InChI is InChI=1S/C50H43F2N5O5/c1-59-40-27-23-36(24-28-40)49(34-15-7-3-8-16-34,35-17-9-4-10-18-35)56-45-42-46(54-32-53-45)57(33-55-42)47-43(44(51)48(52,31-58)62-47)61-50(37-19-11-5-12-20-37,38-21-13-6-14-22-38)39-25-29-41(60-2)30-26-39/h3-30,32-33,43-44,47,58H,31H2,1-2H3,(H,53,54,56)/t43-,44+,47-,48-/m1/s1. The van der Waals surface area contributed by atoms with Crippen LogP contribution in [-0.4, -0.2) is 63.6 Å². The van der Waals surface area contributed by atoms with E-state index in [1.807, 2.05) is 158 Å². The number of rotatable bonds is 14. The summed E-state index contributed by atoms with van der Waals surface area (Å²) in [5.41, 5.74) is 2.51. The number of hydrogen-bond acceptors (Lipinski definition) is 9. The number of aromatic nitrogens is 4. The summed E-state index contributed by atoms with van der Waals surface area (Å²) >= 11 is 0. The van der Waals surface area contributed by atoms with Crippen molar-refractivity contribution in [2.75, 3.05) is 26.1 Å². The van der Waals surface area contributed by atoms with Crippen molar-refractivity contribution in [2.45, 2.75) is 35.5 Å². The largest absolute Gasteiger partial charge is 0.497 e. The zero-order valence-electron chi connectivity index (χ0n) is 33.9. The molecule has 0 amide bonds. The summed E-state index contributed by atoms with van der Waals surface area (Å²) in [5.74, 6) is -1.53. The van der Waals surface area contributed by atoms with Crippen molar-refractivity contribution < 1.29 is 32.8 Å². The number of hydrogen-bond donors (Lipinski definition) is 2. The molecule has 1 saturated heterocycles. The Morgan fingerprint density at radius 2 is 1.10 bits per heavy atom. The number of anilines is 1. The molecule has 6 aromatic carbocycles. The van der Waals surface area contributed by atoms with Gasteiger partial charge in [-0.3, -0.25) is 4.57 Å². The summed E-state index contributed by atoms with van der Waals surface area (Å²) in [5, 5.41) is 14.1. The zero-order chi connectivity index (χ0) is 42.7. The van der Waals surface area contributed by atoms with Gasteiger partial charge >= 0.3 is 0 Å². The maximum Gasteiger partial charge on any atom is 0.268 e. The van der Waals surface area contributed by atoms with E-state index in [0.717, 1.165) is 16.7 Å². The summed E-state index contributed by atoms with van der Waals surface area (Å²) in [7, 11) is 3.19. The van der Waals surface area contributed by atoms with E-state index in [2.05, 4.69) is 10.3 Å². The van der Waals surface area contributed by atoms with Crippen molar-refractivity contribution in [1.29, 1.82) is 0 Å². The molecule has 12 heteroatoms. The summed E-state index contributed by atoms with van der Waals surface area (Å²) in [4.78, 5) is 14.1. The highest BCUT2D eigenvalue weighted by Gasteiger charge is 2.61.